The second-order valence-corrected chi connectivity index (χ2v) is 9.52. The van der Waals surface area contributed by atoms with Crippen molar-refractivity contribution in [2.24, 2.45) is 5.92 Å². The number of hydrogen-bond donors (Lipinski definition) is 0. The van der Waals surface area contributed by atoms with Crippen molar-refractivity contribution in [3.05, 3.63) is 29.8 Å². The van der Waals surface area contributed by atoms with Gasteiger partial charge in [-0.05, 0) is 57.6 Å². The summed E-state index contributed by atoms with van der Waals surface area (Å²) in [5, 5.41) is 0. The Labute approximate surface area is 157 Å². The van der Waals surface area contributed by atoms with E-state index >= 15 is 0 Å². The molecule has 144 valence electrons. The molecule has 0 aliphatic carbocycles. The molecule has 0 aromatic heterocycles. The van der Waals surface area contributed by atoms with E-state index in [1.807, 2.05) is 19.1 Å². The van der Waals surface area contributed by atoms with Gasteiger partial charge in [0, 0.05) is 31.6 Å². The lowest BCUT2D eigenvalue weighted by atomic mass is 9.92. The Morgan fingerprint density at radius 3 is 2.31 bits per heavy atom. The number of likely N-dealkylation sites (tertiary alicyclic amines) is 1. The zero-order chi connectivity index (χ0) is 18.7. The lowest BCUT2D eigenvalue weighted by molar-refractivity contribution is -0.140. The van der Waals surface area contributed by atoms with Crippen molar-refractivity contribution in [1.29, 1.82) is 0 Å². The number of carbonyl (C=O) groups is 1. The van der Waals surface area contributed by atoms with Crippen molar-refractivity contribution < 1.29 is 13.2 Å². The van der Waals surface area contributed by atoms with Gasteiger partial charge >= 0.3 is 0 Å². The van der Waals surface area contributed by atoms with E-state index in [0.29, 0.717) is 36.9 Å². The summed E-state index contributed by atoms with van der Waals surface area (Å²) in [4.78, 5) is 15.4. The number of carbonyl (C=O) groups excluding carboxylic acids is 1. The maximum atomic E-state index is 12.9. The van der Waals surface area contributed by atoms with E-state index in [1.54, 1.807) is 12.1 Å². The Morgan fingerprint density at radius 1 is 1.04 bits per heavy atom. The molecule has 2 heterocycles. The topological polar surface area (TPSA) is 57.7 Å². The van der Waals surface area contributed by atoms with Gasteiger partial charge in [-0.15, -0.1) is 0 Å². The van der Waals surface area contributed by atoms with Crippen LogP contribution in [0.25, 0.3) is 0 Å². The van der Waals surface area contributed by atoms with Gasteiger partial charge in [-0.1, -0.05) is 24.6 Å². The summed E-state index contributed by atoms with van der Waals surface area (Å²) in [5.41, 5.74) is 1.04. The smallest absolute Gasteiger partial charge is 0.243 e. The largest absolute Gasteiger partial charge is 0.339 e. The maximum absolute atomic E-state index is 12.9. The molecule has 26 heavy (non-hydrogen) atoms. The van der Waals surface area contributed by atoms with E-state index < -0.39 is 10.0 Å². The van der Waals surface area contributed by atoms with Gasteiger partial charge in [-0.2, -0.15) is 4.31 Å². The Bertz CT molecular complexity index is 722. The molecule has 1 amide bonds. The number of piperidine rings is 2. The highest BCUT2D eigenvalue weighted by molar-refractivity contribution is 7.89. The molecule has 2 aliphatic rings. The van der Waals surface area contributed by atoms with Crippen LogP contribution in [-0.4, -0.2) is 49.2 Å². The minimum absolute atomic E-state index is 0.0355. The van der Waals surface area contributed by atoms with Crippen molar-refractivity contribution >= 4 is 15.9 Å². The van der Waals surface area contributed by atoms with Crippen LogP contribution in [0.1, 0.15) is 51.0 Å². The van der Waals surface area contributed by atoms with Gasteiger partial charge in [0.15, 0.2) is 0 Å². The molecule has 1 aromatic rings. The molecule has 0 spiro atoms. The van der Waals surface area contributed by atoms with Crippen LogP contribution in [0.4, 0.5) is 0 Å². The van der Waals surface area contributed by atoms with Crippen molar-refractivity contribution in [2.45, 2.75) is 63.3 Å². The number of benzene rings is 1. The van der Waals surface area contributed by atoms with Crippen LogP contribution in [0.5, 0.6) is 0 Å². The van der Waals surface area contributed by atoms with Crippen molar-refractivity contribution in [1.82, 2.24) is 9.21 Å². The number of nitrogens with zero attached hydrogens (tertiary/aromatic N) is 2. The van der Waals surface area contributed by atoms with Gasteiger partial charge in [0.25, 0.3) is 0 Å². The molecule has 0 N–H and O–H groups in total. The fraction of sp³-hybridized carbons (Fsp3) is 0.650. The average Bonchev–Trinajstić information content (AvgIpc) is 2.68. The van der Waals surface area contributed by atoms with E-state index in [2.05, 4.69) is 11.8 Å². The lowest BCUT2D eigenvalue weighted by Crippen LogP contribution is -2.49. The first-order valence-electron chi connectivity index (χ1n) is 9.80. The van der Waals surface area contributed by atoms with Crippen molar-refractivity contribution in [2.75, 3.05) is 19.6 Å². The highest BCUT2D eigenvalue weighted by Gasteiger charge is 2.35. The van der Waals surface area contributed by atoms with Gasteiger partial charge < -0.3 is 4.90 Å². The van der Waals surface area contributed by atoms with E-state index in [9.17, 15) is 13.2 Å². The lowest BCUT2D eigenvalue weighted by Gasteiger charge is -2.39. The number of rotatable bonds is 4. The standard InChI is InChI=1S/C20H30N2O3S/c1-3-18-6-4-5-13-22(18)20(23)17-11-14-21(15-12-17)26(24,25)19-9-7-16(2)8-10-19/h7-10,17-18H,3-6,11-15H2,1-2H3. The Kier molecular flexibility index (Phi) is 6.03. The van der Waals surface area contributed by atoms with Crippen LogP contribution < -0.4 is 0 Å². The Hall–Kier alpha value is -1.40. The molecule has 5 nitrogen and oxygen atoms in total. The quantitative estimate of drug-likeness (QED) is 0.808. The molecular formula is C20H30N2O3S. The summed E-state index contributed by atoms with van der Waals surface area (Å²) in [5.74, 6) is 0.204. The molecular weight excluding hydrogens is 348 g/mol. The number of aryl methyl sites for hydroxylation is 1. The molecule has 2 fully saturated rings. The Balaban J connectivity index is 1.63. The van der Waals surface area contributed by atoms with E-state index in [1.165, 1.54) is 10.7 Å². The van der Waals surface area contributed by atoms with Gasteiger partial charge in [0.1, 0.15) is 0 Å². The highest BCUT2D eigenvalue weighted by Crippen LogP contribution is 2.28. The first-order valence-corrected chi connectivity index (χ1v) is 11.2. The molecule has 2 aliphatic heterocycles. The van der Waals surface area contributed by atoms with Crippen LogP contribution in [0.3, 0.4) is 0 Å². The second-order valence-electron chi connectivity index (χ2n) is 7.58. The first-order chi connectivity index (χ1) is 12.4. The molecule has 3 rings (SSSR count). The molecule has 2 saturated heterocycles. The van der Waals surface area contributed by atoms with Crippen LogP contribution in [0, 0.1) is 12.8 Å². The molecule has 1 aromatic carbocycles. The number of sulfonamides is 1. The third-order valence-electron chi connectivity index (χ3n) is 5.84. The van der Waals surface area contributed by atoms with Crippen LogP contribution in [0.15, 0.2) is 29.2 Å². The number of hydrogen-bond acceptors (Lipinski definition) is 3. The highest BCUT2D eigenvalue weighted by atomic mass is 32.2. The van der Waals surface area contributed by atoms with Crippen LogP contribution >= 0.6 is 0 Å². The zero-order valence-electron chi connectivity index (χ0n) is 15.9. The minimum atomic E-state index is -3.46. The van der Waals surface area contributed by atoms with E-state index in [4.69, 9.17) is 0 Å². The Morgan fingerprint density at radius 2 is 1.69 bits per heavy atom. The monoisotopic (exact) mass is 378 g/mol. The summed E-state index contributed by atoms with van der Waals surface area (Å²) >= 11 is 0. The fourth-order valence-electron chi connectivity index (χ4n) is 4.15. The second kappa shape index (κ2) is 8.09. The zero-order valence-corrected chi connectivity index (χ0v) is 16.7. The summed E-state index contributed by atoms with van der Waals surface area (Å²) in [6.07, 6.45) is 5.64. The van der Waals surface area contributed by atoms with Gasteiger partial charge in [0.2, 0.25) is 15.9 Å². The minimum Gasteiger partial charge on any atom is -0.339 e. The van der Waals surface area contributed by atoms with Crippen LogP contribution in [-0.2, 0) is 14.8 Å². The fourth-order valence-corrected chi connectivity index (χ4v) is 5.62. The summed E-state index contributed by atoms with van der Waals surface area (Å²) in [6.45, 7) is 5.80. The van der Waals surface area contributed by atoms with Crippen molar-refractivity contribution in [3.8, 4) is 0 Å². The van der Waals surface area contributed by atoms with Crippen LogP contribution in [0.2, 0.25) is 0 Å². The predicted octanol–water partition coefficient (Wildman–Crippen LogP) is 3.19. The summed E-state index contributed by atoms with van der Waals surface area (Å²) in [6, 6.07) is 7.35. The maximum Gasteiger partial charge on any atom is 0.243 e. The molecule has 0 radical (unpaired) electrons. The summed E-state index contributed by atoms with van der Waals surface area (Å²) in [7, 11) is -3.46. The molecule has 1 unspecified atom stereocenters. The third-order valence-corrected chi connectivity index (χ3v) is 7.76. The molecule has 1 atom stereocenters. The number of amides is 1. The molecule has 0 saturated carbocycles. The van der Waals surface area contributed by atoms with Gasteiger partial charge in [0.05, 0.1) is 4.90 Å². The normalized spacial score (nSPS) is 23.2. The average molecular weight is 379 g/mol. The molecule has 6 heteroatoms. The third kappa shape index (κ3) is 3.96. The van der Waals surface area contributed by atoms with Gasteiger partial charge in [-0.3, -0.25) is 4.79 Å². The van der Waals surface area contributed by atoms with E-state index in [-0.39, 0.29) is 11.8 Å². The first kappa shape index (κ1) is 19.4. The van der Waals surface area contributed by atoms with E-state index in [0.717, 1.165) is 31.4 Å². The van der Waals surface area contributed by atoms with Gasteiger partial charge in [-0.25, -0.2) is 8.42 Å². The van der Waals surface area contributed by atoms with Crippen molar-refractivity contribution in [3.63, 3.8) is 0 Å². The summed E-state index contributed by atoms with van der Waals surface area (Å²) < 4.78 is 27.1. The predicted molar refractivity (Wildman–Crippen MR) is 102 cm³/mol. The molecule has 0 bridgehead atoms. The SMILES string of the molecule is CCC1CCCCN1C(=O)C1CCN(S(=O)(=O)c2ccc(C)cc2)CC1.